The SMILES string of the molecule is CC1(C)CC1CNCc1ccc(Br)cc1Cl. The van der Waals surface area contributed by atoms with E-state index in [1.165, 1.54) is 12.0 Å². The standard InChI is InChI=1S/C13H17BrClN/c1-13(2)6-10(13)8-16-7-9-3-4-11(14)5-12(9)15/h3-5,10,16H,6-8H2,1-2H3. The molecule has 1 saturated carbocycles. The van der Waals surface area contributed by atoms with E-state index in [4.69, 9.17) is 11.6 Å². The van der Waals surface area contributed by atoms with Crippen LogP contribution in [-0.4, -0.2) is 6.54 Å². The first-order chi connectivity index (χ1) is 7.49. The molecular formula is C13H17BrClN. The fourth-order valence-electron chi connectivity index (χ4n) is 1.97. The minimum absolute atomic E-state index is 0.552. The van der Waals surface area contributed by atoms with Crippen LogP contribution in [0.15, 0.2) is 22.7 Å². The smallest absolute Gasteiger partial charge is 0.0462 e. The highest BCUT2D eigenvalue weighted by molar-refractivity contribution is 9.10. The van der Waals surface area contributed by atoms with Crippen LogP contribution in [0.25, 0.3) is 0 Å². The fraction of sp³-hybridized carbons (Fsp3) is 0.538. The molecule has 0 aromatic heterocycles. The maximum absolute atomic E-state index is 6.15. The van der Waals surface area contributed by atoms with E-state index < -0.39 is 0 Å². The predicted octanol–water partition coefficient (Wildman–Crippen LogP) is 4.24. The van der Waals surface area contributed by atoms with Crippen molar-refractivity contribution in [3.8, 4) is 0 Å². The molecule has 3 heteroatoms. The zero-order valence-corrected chi connectivity index (χ0v) is 12.0. The second-order valence-corrected chi connectivity index (χ2v) is 6.58. The average molecular weight is 303 g/mol. The molecule has 1 aromatic rings. The molecule has 1 aliphatic rings. The molecule has 2 rings (SSSR count). The number of nitrogens with one attached hydrogen (secondary N) is 1. The lowest BCUT2D eigenvalue weighted by molar-refractivity contribution is 0.519. The first-order valence-corrected chi connectivity index (χ1v) is 6.81. The number of rotatable bonds is 4. The van der Waals surface area contributed by atoms with Gasteiger partial charge in [0, 0.05) is 16.0 Å². The Hall–Kier alpha value is -0.0500. The first kappa shape index (κ1) is 12.4. The molecule has 1 unspecified atom stereocenters. The van der Waals surface area contributed by atoms with Gasteiger partial charge in [-0.15, -0.1) is 0 Å². The van der Waals surface area contributed by atoms with Gasteiger partial charge in [-0.25, -0.2) is 0 Å². The molecule has 0 spiro atoms. The van der Waals surface area contributed by atoms with Gasteiger partial charge in [-0.1, -0.05) is 47.4 Å². The van der Waals surface area contributed by atoms with Gasteiger partial charge in [0.25, 0.3) is 0 Å². The largest absolute Gasteiger partial charge is 0.312 e. The molecule has 0 saturated heterocycles. The van der Waals surface area contributed by atoms with E-state index >= 15 is 0 Å². The van der Waals surface area contributed by atoms with Crippen LogP contribution >= 0.6 is 27.5 Å². The molecule has 88 valence electrons. The lowest BCUT2D eigenvalue weighted by Crippen LogP contribution is -2.18. The summed E-state index contributed by atoms with van der Waals surface area (Å²) in [5.41, 5.74) is 1.72. The van der Waals surface area contributed by atoms with Crippen molar-refractivity contribution in [2.45, 2.75) is 26.8 Å². The lowest BCUT2D eigenvalue weighted by atomic mass is 10.1. The molecule has 16 heavy (non-hydrogen) atoms. The summed E-state index contributed by atoms with van der Waals surface area (Å²) in [7, 11) is 0. The minimum atomic E-state index is 0.552. The highest BCUT2D eigenvalue weighted by Gasteiger charge is 2.44. The number of halogens is 2. The first-order valence-electron chi connectivity index (χ1n) is 5.64. The summed E-state index contributed by atoms with van der Waals surface area (Å²) in [6.07, 6.45) is 1.34. The van der Waals surface area contributed by atoms with E-state index in [1.54, 1.807) is 0 Å². The molecule has 1 N–H and O–H groups in total. The van der Waals surface area contributed by atoms with Crippen molar-refractivity contribution in [3.05, 3.63) is 33.3 Å². The molecule has 1 fully saturated rings. The topological polar surface area (TPSA) is 12.0 Å². The van der Waals surface area contributed by atoms with E-state index in [0.29, 0.717) is 5.41 Å². The van der Waals surface area contributed by atoms with Crippen LogP contribution < -0.4 is 5.32 Å². The summed E-state index contributed by atoms with van der Waals surface area (Å²) >= 11 is 9.55. The van der Waals surface area contributed by atoms with Crippen molar-refractivity contribution in [2.24, 2.45) is 11.3 Å². The normalized spacial score (nSPS) is 22.1. The zero-order valence-electron chi connectivity index (χ0n) is 9.69. The maximum Gasteiger partial charge on any atom is 0.0462 e. The quantitative estimate of drug-likeness (QED) is 0.877. The predicted molar refractivity (Wildman–Crippen MR) is 72.7 cm³/mol. The van der Waals surface area contributed by atoms with Gasteiger partial charge in [0.1, 0.15) is 0 Å². The summed E-state index contributed by atoms with van der Waals surface area (Å²) in [5.74, 6) is 0.835. The van der Waals surface area contributed by atoms with Crippen LogP contribution in [0, 0.1) is 11.3 Å². The lowest BCUT2D eigenvalue weighted by Gasteiger charge is -2.08. The Morgan fingerprint density at radius 1 is 1.50 bits per heavy atom. The summed E-state index contributed by atoms with van der Waals surface area (Å²) in [6, 6.07) is 6.04. The minimum Gasteiger partial charge on any atom is -0.312 e. The van der Waals surface area contributed by atoms with Crippen molar-refractivity contribution in [1.82, 2.24) is 5.32 Å². The van der Waals surface area contributed by atoms with E-state index in [9.17, 15) is 0 Å². The molecule has 0 aliphatic heterocycles. The highest BCUT2D eigenvalue weighted by Crippen LogP contribution is 2.50. The molecular weight excluding hydrogens is 286 g/mol. The van der Waals surface area contributed by atoms with Crippen LogP contribution in [0.2, 0.25) is 5.02 Å². The van der Waals surface area contributed by atoms with Crippen molar-refractivity contribution in [2.75, 3.05) is 6.54 Å². The van der Waals surface area contributed by atoms with Crippen LogP contribution in [0.4, 0.5) is 0 Å². The molecule has 1 aliphatic carbocycles. The van der Waals surface area contributed by atoms with E-state index in [1.807, 2.05) is 12.1 Å². The van der Waals surface area contributed by atoms with Gasteiger partial charge >= 0.3 is 0 Å². The third kappa shape index (κ3) is 2.99. The number of benzene rings is 1. The second kappa shape index (κ2) is 4.67. The molecule has 0 amide bonds. The fourth-order valence-corrected chi connectivity index (χ4v) is 2.71. The number of hydrogen-bond acceptors (Lipinski definition) is 1. The monoisotopic (exact) mass is 301 g/mol. The van der Waals surface area contributed by atoms with Crippen molar-refractivity contribution in [3.63, 3.8) is 0 Å². The summed E-state index contributed by atoms with van der Waals surface area (Å²) < 4.78 is 1.03. The van der Waals surface area contributed by atoms with Gasteiger partial charge in [0.15, 0.2) is 0 Å². The van der Waals surface area contributed by atoms with Gasteiger partial charge in [0.2, 0.25) is 0 Å². The average Bonchev–Trinajstić information content (AvgIpc) is 2.78. The van der Waals surface area contributed by atoms with Gasteiger partial charge in [-0.05, 0) is 42.0 Å². The van der Waals surface area contributed by atoms with E-state index in [0.717, 1.165) is 28.5 Å². The summed E-state index contributed by atoms with van der Waals surface area (Å²) in [6.45, 7) is 6.61. The van der Waals surface area contributed by atoms with Gasteiger partial charge in [-0.2, -0.15) is 0 Å². The summed E-state index contributed by atoms with van der Waals surface area (Å²) in [4.78, 5) is 0. The van der Waals surface area contributed by atoms with Gasteiger partial charge in [-0.3, -0.25) is 0 Å². The maximum atomic E-state index is 6.15. The van der Waals surface area contributed by atoms with Crippen molar-refractivity contribution >= 4 is 27.5 Å². The number of hydrogen-bond donors (Lipinski definition) is 1. The van der Waals surface area contributed by atoms with Crippen LogP contribution in [0.3, 0.4) is 0 Å². The van der Waals surface area contributed by atoms with Crippen LogP contribution in [0.5, 0.6) is 0 Å². The second-order valence-electron chi connectivity index (χ2n) is 5.26. The van der Waals surface area contributed by atoms with Crippen molar-refractivity contribution < 1.29 is 0 Å². The molecule has 0 bridgehead atoms. The Morgan fingerprint density at radius 3 is 2.75 bits per heavy atom. The molecule has 1 atom stereocenters. The van der Waals surface area contributed by atoms with E-state index in [-0.39, 0.29) is 0 Å². The molecule has 0 heterocycles. The van der Waals surface area contributed by atoms with E-state index in [2.05, 4.69) is 41.2 Å². The Balaban J connectivity index is 1.81. The van der Waals surface area contributed by atoms with Crippen LogP contribution in [-0.2, 0) is 6.54 Å². The third-order valence-electron chi connectivity index (χ3n) is 3.44. The van der Waals surface area contributed by atoms with Gasteiger partial charge < -0.3 is 5.32 Å². The Labute approximate surface area is 111 Å². The van der Waals surface area contributed by atoms with Crippen LogP contribution in [0.1, 0.15) is 25.8 Å². The van der Waals surface area contributed by atoms with Gasteiger partial charge in [0.05, 0.1) is 0 Å². The molecule has 1 nitrogen and oxygen atoms in total. The van der Waals surface area contributed by atoms with Crippen molar-refractivity contribution in [1.29, 1.82) is 0 Å². The zero-order chi connectivity index (χ0) is 11.8. The Morgan fingerprint density at radius 2 is 2.19 bits per heavy atom. The molecule has 0 radical (unpaired) electrons. The Kier molecular flexibility index (Phi) is 3.62. The molecule has 1 aromatic carbocycles. The third-order valence-corrected chi connectivity index (χ3v) is 4.28. The Bertz CT molecular complexity index is 390. The summed E-state index contributed by atoms with van der Waals surface area (Å²) in [5, 5.41) is 4.31. The highest BCUT2D eigenvalue weighted by atomic mass is 79.9.